The summed E-state index contributed by atoms with van der Waals surface area (Å²) in [6.45, 7) is 5.86. The van der Waals surface area contributed by atoms with E-state index < -0.39 is 23.3 Å². The number of halogens is 2. The topological polar surface area (TPSA) is 77.1 Å². The Morgan fingerprint density at radius 2 is 1.68 bits per heavy atom. The van der Waals surface area contributed by atoms with Gasteiger partial charge in [-0.2, -0.15) is 0 Å². The Balaban J connectivity index is 1.72. The molecule has 7 nitrogen and oxygen atoms in total. The second kappa shape index (κ2) is 12.9. The summed E-state index contributed by atoms with van der Waals surface area (Å²) in [5.74, 6) is -0.807. The van der Waals surface area contributed by atoms with Gasteiger partial charge in [0.15, 0.2) is 11.5 Å². The van der Waals surface area contributed by atoms with Gasteiger partial charge in [0.2, 0.25) is 0 Å². The van der Waals surface area contributed by atoms with Crippen molar-refractivity contribution in [2.24, 2.45) is 0 Å². The van der Waals surface area contributed by atoms with Gasteiger partial charge in [0.25, 0.3) is 5.91 Å². The maximum atomic E-state index is 14.0. The van der Waals surface area contributed by atoms with Crippen LogP contribution in [0.15, 0.2) is 66.7 Å². The Kier molecular flexibility index (Phi) is 9.65. The summed E-state index contributed by atoms with van der Waals surface area (Å²) in [5, 5.41) is 2.68. The molecule has 2 amide bonds. The summed E-state index contributed by atoms with van der Waals surface area (Å²) in [6.07, 6.45) is -0.564. The second-order valence-corrected chi connectivity index (χ2v) is 9.53. The molecule has 0 radical (unpaired) electrons. The van der Waals surface area contributed by atoms with E-state index in [1.165, 1.54) is 13.2 Å². The van der Waals surface area contributed by atoms with Crippen LogP contribution in [0.3, 0.4) is 0 Å². The predicted molar refractivity (Wildman–Crippen MR) is 139 cm³/mol. The number of nitrogens with zero attached hydrogens (tertiary/aromatic N) is 1. The van der Waals surface area contributed by atoms with Gasteiger partial charge in [0.05, 0.1) is 7.11 Å². The van der Waals surface area contributed by atoms with E-state index in [0.29, 0.717) is 17.1 Å². The lowest BCUT2D eigenvalue weighted by Crippen LogP contribution is -2.40. The van der Waals surface area contributed by atoms with Crippen LogP contribution in [0.5, 0.6) is 11.5 Å². The maximum absolute atomic E-state index is 14.0. The van der Waals surface area contributed by atoms with Crippen molar-refractivity contribution < 1.29 is 32.6 Å². The van der Waals surface area contributed by atoms with Crippen LogP contribution >= 0.6 is 0 Å². The molecule has 0 fully saturated rings. The Labute approximate surface area is 221 Å². The Morgan fingerprint density at radius 3 is 2.34 bits per heavy atom. The molecule has 0 aromatic heterocycles. The molecule has 3 aromatic rings. The third-order valence-corrected chi connectivity index (χ3v) is 5.36. The summed E-state index contributed by atoms with van der Waals surface area (Å²) < 4.78 is 43.6. The van der Waals surface area contributed by atoms with Crippen molar-refractivity contribution in [2.75, 3.05) is 20.2 Å². The lowest BCUT2D eigenvalue weighted by Gasteiger charge is -2.25. The van der Waals surface area contributed by atoms with Crippen LogP contribution in [0.1, 0.15) is 42.3 Å². The van der Waals surface area contributed by atoms with Gasteiger partial charge in [-0.15, -0.1) is 0 Å². The number of benzene rings is 3. The highest BCUT2D eigenvalue weighted by Crippen LogP contribution is 2.30. The summed E-state index contributed by atoms with van der Waals surface area (Å²) in [5.41, 5.74) is 0.836. The standard InChI is InChI=1S/C29H32F2N2O5/c1-29(2,3)38-28(35)32-14-15-33(27(34)21-8-6-5-7-9-21)18-20-10-13-25(26(16-20)36-4)37-19-22-11-12-23(30)17-24(22)31/h5-13,16-17H,14-15,18-19H2,1-4H3,(H,32,35). The van der Waals surface area contributed by atoms with Crippen LogP contribution in [0, 0.1) is 11.6 Å². The minimum atomic E-state index is -0.698. The van der Waals surface area contributed by atoms with Crippen LogP contribution in [0.2, 0.25) is 0 Å². The molecule has 38 heavy (non-hydrogen) atoms. The molecule has 0 unspecified atom stereocenters. The summed E-state index contributed by atoms with van der Waals surface area (Å²) in [7, 11) is 1.47. The van der Waals surface area contributed by atoms with E-state index in [1.54, 1.807) is 68.1 Å². The molecular formula is C29H32F2N2O5. The average Bonchev–Trinajstić information content (AvgIpc) is 2.87. The number of nitrogens with one attached hydrogen (secondary N) is 1. The SMILES string of the molecule is COc1cc(CN(CCNC(=O)OC(C)(C)C)C(=O)c2ccccc2)ccc1OCc1ccc(F)cc1F. The van der Waals surface area contributed by atoms with E-state index in [2.05, 4.69) is 5.32 Å². The van der Waals surface area contributed by atoms with E-state index in [1.807, 2.05) is 6.07 Å². The fourth-order valence-electron chi connectivity index (χ4n) is 3.57. The fourth-order valence-corrected chi connectivity index (χ4v) is 3.57. The molecule has 0 bridgehead atoms. The molecule has 0 aliphatic heterocycles. The van der Waals surface area contributed by atoms with Gasteiger partial charge in [-0.3, -0.25) is 4.79 Å². The van der Waals surface area contributed by atoms with Crippen LogP contribution in [-0.2, 0) is 17.9 Å². The highest BCUT2D eigenvalue weighted by atomic mass is 19.1. The van der Waals surface area contributed by atoms with Crippen LogP contribution < -0.4 is 14.8 Å². The van der Waals surface area contributed by atoms with Crippen LogP contribution in [-0.4, -0.2) is 42.7 Å². The molecule has 1 N–H and O–H groups in total. The number of hydrogen-bond donors (Lipinski definition) is 1. The van der Waals surface area contributed by atoms with Gasteiger partial charge < -0.3 is 24.4 Å². The van der Waals surface area contributed by atoms with Crippen molar-refractivity contribution >= 4 is 12.0 Å². The third kappa shape index (κ3) is 8.47. The first kappa shape index (κ1) is 28.4. The van der Waals surface area contributed by atoms with Crippen molar-refractivity contribution in [3.05, 3.63) is 95.1 Å². The van der Waals surface area contributed by atoms with Gasteiger partial charge >= 0.3 is 6.09 Å². The molecule has 0 saturated carbocycles. The van der Waals surface area contributed by atoms with Crippen molar-refractivity contribution in [1.29, 1.82) is 0 Å². The van der Waals surface area contributed by atoms with E-state index >= 15 is 0 Å². The number of amides is 2. The van der Waals surface area contributed by atoms with Gasteiger partial charge in [-0.05, 0) is 62.7 Å². The Bertz CT molecular complexity index is 1250. The van der Waals surface area contributed by atoms with Gasteiger partial charge in [0.1, 0.15) is 23.8 Å². The molecule has 0 aliphatic rings. The van der Waals surface area contributed by atoms with Crippen molar-refractivity contribution in [2.45, 2.75) is 39.5 Å². The molecule has 3 aromatic carbocycles. The first-order valence-electron chi connectivity index (χ1n) is 12.1. The van der Waals surface area contributed by atoms with Crippen molar-refractivity contribution in [1.82, 2.24) is 10.2 Å². The highest BCUT2D eigenvalue weighted by Gasteiger charge is 2.19. The minimum Gasteiger partial charge on any atom is -0.493 e. The number of ether oxygens (including phenoxy) is 3. The number of hydrogen-bond acceptors (Lipinski definition) is 5. The third-order valence-electron chi connectivity index (χ3n) is 5.36. The molecular weight excluding hydrogens is 494 g/mol. The van der Waals surface area contributed by atoms with Crippen molar-refractivity contribution in [3.8, 4) is 11.5 Å². The van der Waals surface area contributed by atoms with E-state index in [9.17, 15) is 18.4 Å². The zero-order valence-electron chi connectivity index (χ0n) is 21.9. The Hall–Kier alpha value is -4.14. The molecule has 0 spiro atoms. The van der Waals surface area contributed by atoms with E-state index in [0.717, 1.165) is 17.7 Å². The molecule has 202 valence electrons. The molecule has 3 rings (SSSR count). The maximum Gasteiger partial charge on any atom is 0.407 e. The summed E-state index contributed by atoms with van der Waals surface area (Å²) in [4.78, 5) is 26.9. The molecule has 0 saturated heterocycles. The zero-order chi connectivity index (χ0) is 27.7. The van der Waals surface area contributed by atoms with Gasteiger partial charge in [-0.25, -0.2) is 13.6 Å². The molecule has 9 heteroatoms. The van der Waals surface area contributed by atoms with Gasteiger partial charge in [-0.1, -0.05) is 24.3 Å². The smallest absolute Gasteiger partial charge is 0.407 e. The van der Waals surface area contributed by atoms with E-state index in [4.69, 9.17) is 14.2 Å². The average molecular weight is 527 g/mol. The lowest BCUT2D eigenvalue weighted by atomic mass is 10.1. The first-order chi connectivity index (χ1) is 18.1. The molecule has 0 atom stereocenters. The predicted octanol–water partition coefficient (Wildman–Crippen LogP) is 5.72. The quantitative estimate of drug-likeness (QED) is 0.366. The number of alkyl carbamates (subject to hydrolysis) is 1. The van der Waals surface area contributed by atoms with Crippen LogP contribution in [0.4, 0.5) is 13.6 Å². The normalized spacial score (nSPS) is 11.0. The number of methoxy groups -OCH3 is 1. The van der Waals surface area contributed by atoms with Gasteiger partial charge in [0, 0.05) is 36.8 Å². The zero-order valence-corrected chi connectivity index (χ0v) is 21.9. The largest absolute Gasteiger partial charge is 0.493 e. The summed E-state index contributed by atoms with van der Waals surface area (Å²) >= 11 is 0. The Morgan fingerprint density at radius 1 is 0.947 bits per heavy atom. The number of carbonyl (C=O) groups excluding carboxylic acids is 2. The monoisotopic (exact) mass is 526 g/mol. The lowest BCUT2D eigenvalue weighted by molar-refractivity contribution is 0.0512. The van der Waals surface area contributed by atoms with Crippen molar-refractivity contribution in [3.63, 3.8) is 0 Å². The second-order valence-electron chi connectivity index (χ2n) is 9.53. The van der Waals surface area contributed by atoms with E-state index in [-0.39, 0.29) is 37.7 Å². The molecule has 0 heterocycles. The van der Waals surface area contributed by atoms with Crippen LogP contribution in [0.25, 0.3) is 0 Å². The fraction of sp³-hybridized carbons (Fsp3) is 0.310. The molecule has 0 aliphatic carbocycles. The number of rotatable bonds is 10. The number of carbonyl (C=O) groups is 2. The summed E-state index contributed by atoms with van der Waals surface area (Å²) in [6, 6.07) is 17.3. The minimum absolute atomic E-state index is 0.114. The highest BCUT2D eigenvalue weighted by molar-refractivity contribution is 5.94. The first-order valence-corrected chi connectivity index (χ1v) is 12.1.